The maximum atomic E-state index is 6.60. The minimum Gasteiger partial charge on any atom is -0.396 e. The molecule has 10 aromatic rings. The average Bonchev–Trinajstić information content (AvgIpc) is 4.12. The summed E-state index contributed by atoms with van der Waals surface area (Å²) in [6.07, 6.45) is 4.18. The monoisotopic (exact) mass is 966 g/mol. The standard InChI is InChI=1S/C65H66N4S2/c1-38(14-27-54(66)60-67-39(2)36-70-60)58-50-32-46(62(3,4)5)23-17-41(50)30-42-20-26-49(35-51(42)58)65(12,13)45-21-15-40(16-22-45)57-37-71-61(69-57)56-29-28-55(68-56)59-52-33-47(63(6,7)8)24-18-43(52)31-44-19-25-48(34-53(44)59)64(9,10)11/h14-37,68H,66H2,1-13H3/b38-14+,54-27-. The molecule has 0 radical (unpaired) electrons. The summed E-state index contributed by atoms with van der Waals surface area (Å²) in [7, 11) is 0. The van der Waals surface area contributed by atoms with Crippen molar-refractivity contribution in [3.8, 4) is 33.2 Å². The van der Waals surface area contributed by atoms with Gasteiger partial charge in [0.2, 0.25) is 0 Å². The molecule has 0 amide bonds. The van der Waals surface area contributed by atoms with E-state index < -0.39 is 0 Å². The fourth-order valence-corrected chi connectivity index (χ4v) is 11.5. The third-order valence-corrected chi connectivity index (χ3v) is 16.5. The molecule has 3 heterocycles. The summed E-state index contributed by atoms with van der Waals surface area (Å²) in [6, 6.07) is 46.1. The predicted molar refractivity (Wildman–Crippen MR) is 310 cm³/mol. The molecule has 0 bridgehead atoms. The van der Waals surface area contributed by atoms with Crippen LogP contribution in [0.1, 0.15) is 127 Å². The first-order valence-electron chi connectivity index (χ1n) is 24.9. The highest BCUT2D eigenvalue weighted by molar-refractivity contribution is 7.13. The van der Waals surface area contributed by atoms with Crippen LogP contribution >= 0.6 is 22.7 Å². The number of aromatic amines is 1. The van der Waals surface area contributed by atoms with Gasteiger partial charge < -0.3 is 10.7 Å². The highest BCUT2D eigenvalue weighted by Crippen LogP contribution is 2.43. The molecular weight excluding hydrogens is 901 g/mol. The van der Waals surface area contributed by atoms with Crippen molar-refractivity contribution in [3.63, 3.8) is 0 Å². The molecule has 0 aliphatic heterocycles. The molecule has 0 fully saturated rings. The largest absolute Gasteiger partial charge is 0.396 e. The van der Waals surface area contributed by atoms with E-state index in [-0.39, 0.29) is 21.7 Å². The number of fused-ring (bicyclic) bond motifs is 4. The Labute approximate surface area is 428 Å². The molecule has 71 heavy (non-hydrogen) atoms. The summed E-state index contributed by atoms with van der Waals surface area (Å²) in [5.41, 5.74) is 22.4. The van der Waals surface area contributed by atoms with Crippen LogP contribution in [0.25, 0.3) is 87.6 Å². The van der Waals surface area contributed by atoms with Gasteiger partial charge in [0.05, 0.1) is 17.1 Å². The zero-order valence-corrected chi connectivity index (χ0v) is 45.3. The summed E-state index contributed by atoms with van der Waals surface area (Å²) in [4.78, 5) is 13.7. The van der Waals surface area contributed by atoms with Crippen LogP contribution in [0, 0.1) is 6.92 Å². The lowest BCUT2D eigenvalue weighted by atomic mass is 9.76. The number of thiazole rings is 2. The second-order valence-electron chi connectivity index (χ2n) is 23.3. The topological polar surface area (TPSA) is 67.6 Å². The number of rotatable bonds is 8. The van der Waals surface area contributed by atoms with Crippen molar-refractivity contribution in [2.45, 2.75) is 112 Å². The molecule has 358 valence electrons. The van der Waals surface area contributed by atoms with E-state index >= 15 is 0 Å². The van der Waals surface area contributed by atoms with Crippen molar-refractivity contribution in [1.29, 1.82) is 0 Å². The smallest absolute Gasteiger partial charge is 0.140 e. The lowest BCUT2D eigenvalue weighted by molar-refractivity contribution is 0.591. The Kier molecular flexibility index (Phi) is 11.9. The molecule has 0 spiro atoms. The molecule has 6 heteroatoms. The number of nitrogens with zero attached hydrogens (tertiary/aromatic N) is 2. The summed E-state index contributed by atoms with van der Waals surface area (Å²) < 4.78 is 0. The van der Waals surface area contributed by atoms with E-state index in [1.54, 1.807) is 22.7 Å². The maximum Gasteiger partial charge on any atom is 0.140 e. The number of hydrogen-bond donors (Lipinski definition) is 2. The lowest BCUT2D eigenvalue weighted by Gasteiger charge is -2.27. The number of aromatic nitrogens is 3. The van der Waals surface area contributed by atoms with E-state index in [1.807, 2.05) is 18.4 Å². The summed E-state index contributed by atoms with van der Waals surface area (Å²) in [6.45, 7) is 29.5. The van der Waals surface area contributed by atoms with Gasteiger partial charge in [-0.05, 0) is 167 Å². The van der Waals surface area contributed by atoms with Gasteiger partial charge in [0.25, 0.3) is 0 Å². The van der Waals surface area contributed by atoms with E-state index in [1.165, 1.54) is 82.0 Å². The van der Waals surface area contributed by atoms with Gasteiger partial charge in [-0.15, -0.1) is 22.7 Å². The van der Waals surface area contributed by atoms with Crippen molar-refractivity contribution < 1.29 is 0 Å². The Morgan fingerprint density at radius 2 is 0.986 bits per heavy atom. The third kappa shape index (κ3) is 9.18. The summed E-state index contributed by atoms with van der Waals surface area (Å²) in [5, 5.41) is 16.0. The highest BCUT2D eigenvalue weighted by Gasteiger charge is 2.26. The zero-order valence-electron chi connectivity index (χ0n) is 43.6. The van der Waals surface area contributed by atoms with Crippen molar-refractivity contribution in [2.24, 2.45) is 5.73 Å². The van der Waals surface area contributed by atoms with E-state index in [4.69, 9.17) is 10.7 Å². The second-order valence-corrected chi connectivity index (χ2v) is 25.0. The van der Waals surface area contributed by atoms with Crippen molar-refractivity contribution >= 4 is 77.0 Å². The molecule has 0 saturated carbocycles. The van der Waals surface area contributed by atoms with E-state index in [9.17, 15) is 0 Å². The number of nitrogens with two attached hydrogens (primary N) is 1. The minimum absolute atomic E-state index is 0.00835. The predicted octanol–water partition coefficient (Wildman–Crippen LogP) is 18.5. The first-order chi connectivity index (χ1) is 33.5. The van der Waals surface area contributed by atoms with Gasteiger partial charge in [-0.3, -0.25) is 0 Å². The van der Waals surface area contributed by atoms with Crippen LogP contribution in [-0.4, -0.2) is 15.0 Å². The third-order valence-electron chi connectivity index (χ3n) is 14.6. The Balaban J connectivity index is 0.986. The number of allylic oxidation sites excluding steroid dienone is 3. The van der Waals surface area contributed by atoms with E-state index in [0.29, 0.717) is 5.70 Å². The molecule has 4 nitrogen and oxygen atoms in total. The van der Waals surface area contributed by atoms with Crippen molar-refractivity contribution in [3.05, 3.63) is 188 Å². The SMILES string of the molecule is C/C(=C\C=C(/N)c1nc(C)cs1)c1c2cc(C(C)(C)C)ccc2cc2ccc(C(C)(C)c3ccc(-c4csc(-c5ccc(-c6c7cc(C(C)(C)C)ccc7cc7ccc(C(C)(C)C)cc67)[nH]5)n4)cc3)cc12. The van der Waals surface area contributed by atoms with Crippen LogP contribution in [0.15, 0.2) is 144 Å². The number of nitrogens with one attached hydrogen (secondary N) is 1. The number of hydrogen-bond acceptors (Lipinski definition) is 5. The van der Waals surface area contributed by atoms with E-state index in [2.05, 4.69) is 226 Å². The van der Waals surface area contributed by atoms with E-state index in [0.717, 1.165) is 43.9 Å². The van der Waals surface area contributed by atoms with Crippen molar-refractivity contribution in [2.75, 3.05) is 0 Å². The Hall–Kier alpha value is -6.60. The Morgan fingerprint density at radius 1 is 0.507 bits per heavy atom. The fourth-order valence-electron chi connectivity index (χ4n) is 10.00. The zero-order chi connectivity index (χ0) is 50.4. The molecule has 0 atom stereocenters. The number of benzene rings is 7. The van der Waals surface area contributed by atoms with Gasteiger partial charge in [-0.2, -0.15) is 0 Å². The van der Waals surface area contributed by atoms with Crippen LogP contribution in [0.3, 0.4) is 0 Å². The molecule has 7 aromatic carbocycles. The van der Waals surface area contributed by atoms with Gasteiger partial charge in [-0.1, -0.05) is 155 Å². The van der Waals surface area contributed by atoms with Gasteiger partial charge in [0.1, 0.15) is 10.0 Å². The van der Waals surface area contributed by atoms with Gasteiger partial charge >= 0.3 is 0 Å². The van der Waals surface area contributed by atoms with Crippen LogP contribution in [0.2, 0.25) is 0 Å². The normalized spacial score (nSPS) is 13.4. The lowest BCUT2D eigenvalue weighted by Crippen LogP contribution is -2.18. The maximum absolute atomic E-state index is 6.60. The molecule has 0 saturated heterocycles. The number of aryl methyl sites for hydroxylation is 1. The van der Waals surface area contributed by atoms with Gasteiger partial charge in [-0.25, -0.2) is 9.97 Å². The molecule has 3 N–H and O–H groups in total. The number of H-pyrrole nitrogens is 1. The van der Waals surface area contributed by atoms with Crippen LogP contribution in [0.5, 0.6) is 0 Å². The Morgan fingerprint density at radius 3 is 1.51 bits per heavy atom. The molecule has 10 rings (SSSR count). The molecule has 0 aliphatic rings. The molecule has 0 unspecified atom stereocenters. The van der Waals surface area contributed by atoms with Gasteiger partial charge in [0, 0.05) is 38.7 Å². The molecule has 0 aliphatic carbocycles. The summed E-state index contributed by atoms with van der Waals surface area (Å²) in [5.74, 6) is 0. The molecule has 3 aromatic heterocycles. The quantitative estimate of drug-likeness (QED) is 0.118. The van der Waals surface area contributed by atoms with Crippen LogP contribution < -0.4 is 5.73 Å². The highest BCUT2D eigenvalue weighted by atomic mass is 32.1. The summed E-state index contributed by atoms with van der Waals surface area (Å²) >= 11 is 3.26. The second kappa shape index (κ2) is 17.6. The van der Waals surface area contributed by atoms with Crippen molar-refractivity contribution in [1.82, 2.24) is 15.0 Å². The average molecular weight is 967 g/mol. The minimum atomic E-state index is -0.280. The van der Waals surface area contributed by atoms with Gasteiger partial charge in [0.15, 0.2) is 0 Å². The van der Waals surface area contributed by atoms with Crippen LogP contribution in [-0.2, 0) is 21.7 Å². The molecular formula is C65H66N4S2. The van der Waals surface area contributed by atoms with Crippen LogP contribution in [0.4, 0.5) is 0 Å². The first kappa shape index (κ1) is 48.0. The first-order valence-corrected chi connectivity index (χ1v) is 26.6. The Bertz CT molecular complexity index is 3680. The fraction of sp³-hybridized carbons (Fsp3) is 0.262.